The van der Waals surface area contributed by atoms with E-state index in [4.69, 9.17) is 51.1 Å². The second-order valence-corrected chi connectivity index (χ2v) is 2.65. The van der Waals surface area contributed by atoms with Crippen molar-refractivity contribution in [3.8, 4) is 0 Å². The van der Waals surface area contributed by atoms with Crippen molar-refractivity contribution < 1.29 is 78.6 Å². The molecule has 14 nitrogen and oxygen atoms in total. The van der Waals surface area contributed by atoms with Gasteiger partial charge < -0.3 is 53.8 Å². The Bertz CT molecular complexity index is 211. The van der Waals surface area contributed by atoms with Gasteiger partial charge in [-0.05, 0) is 0 Å². The minimum atomic E-state index is -0.833. The summed E-state index contributed by atoms with van der Waals surface area (Å²) in [6.45, 7) is 5.53. The monoisotopic (exact) mass is 483 g/mol. The second kappa shape index (κ2) is 82.6. The van der Waals surface area contributed by atoms with Crippen LogP contribution in [0.3, 0.4) is 0 Å². The van der Waals surface area contributed by atoms with Crippen LogP contribution in [0.4, 0.5) is 0 Å². The second-order valence-electron chi connectivity index (χ2n) is 2.65. The van der Waals surface area contributed by atoms with Crippen molar-refractivity contribution in [2.45, 2.75) is 27.7 Å². The molecule has 0 aliphatic carbocycles. The number of rotatable bonds is 1. The summed E-state index contributed by atoms with van der Waals surface area (Å²) in [6, 6.07) is 0. The zero-order chi connectivity index (χ0) is 17.7. The van der Waals surface area contributed by atoms with Crippen molar-refractivity contribution in [1.82, 2.24) is 0 Å². The third kappa shape index (κ3) is 11400. The zero-order valence-electron chi connectivity index (χ0n) is 14.3. The topological polar surface area (TPSA) is 327 Å². The summed E-state index contributed by atoms with van der Waals surface area (Å²) in [7, 11) is 0. The van der Waals surface area contributed by atoms with Gasteiger partial charge in [0.15, 0.2) is 0 Å². The van der Waals surface area contributed by atoms with Gasteiger partial charge in [-0.1, -0.05) is 0 Å². The molecule has 16 N–H and O–H groups in total. The Kier molecular flexibility index (Phi) is 247. The molecule has 0 aromatic carbocycles. The van der Waals surface area contributed by atoms with E-state index in [9.17, 15) is 0 Å². The summed E-state index contributed by atoms with van der Waals surface area (Å²) in [6.07, 6.45) is 0. The number of hydrogen-bond donors (Lipinski definition) is 6. The summed E-state index contributed by atoms with van der Waals surface area (Å²) in [5.41, 5.74) is 9.81. The van der Waals surface area contributed by atoms with Gasteiger partial charge in [0.2, 0.25) is 0 Å². The van der Waals surface area contributed by atoms with Gasteiger partial charge in [-0.15, -0.1) is 0 Å². The molecular formula is C10H34CuN2Na2O12. The van der Waals surface area contributed by atoms with Crippen LogP contribution in [-0.4, -0.2) is 138 Å². The van der Waals surface area contributed by atoms with E-state index in [1.807, 2.05) is 0 Å². The number of hydrogen-bond acceptors (Lipinski definition) is 6. The van der Waals surface area contributed by atoms with E-state index in [-0.39, 0.29) is 98.1 Å². The van der Waals surface area contributed by atoms with Gasteiger partial charge in [-0.25, -0.2) is 0 Å². The number of carboxylic acid groups (broad SMARTS) is 4. The Labute approximate surface area is 212 Å². The van der Waals surface area contributed by atoms with Crippen LogP contribution in [0.2, 0.25) is 0 Å². The number of carboxylic acids is 4. The molecule has 0 fully saturated rings. The Morgan fingerprint density at radius 2 is 0.593 bits per heavy atom. The summed E-state index contributed by atoms with van der Waals surface area (Å²) in [5.74, 6) is -3.33. The number of carbonyl (C=O) groups is 4. The fourth-order valence-corrected chi connectivity index (χ4v) is 0. The SMILES string of the molecule is CC(=O)O.CC(=O)O.CC(=O)O.CC(=O)O.NCCN.O.O.O.O.[Cu].[NaH].[NaH]. The molecule has 0 heterocycles. The summed E-state index contributed by atoms with van der Waals surface area (Å²) < 4.78 is 0. The van der Waals surface area contributed by atoms with Crippen LogP contribution in [-0.2, 0) is 36.2 Å². The van der Waals surface area contributed by atoms with Gasteiger partial charge in [0, 0.05) is 57.9 Å². The minimum absolute atomic E-state index is 0. The maximum absolute atomic E-state index is 9.00. The Balaban J connectivity index is -0.00000000978. The van der Waals surface area contributed by atoms with Crippen molar-refractivity contribution in [2.24, 2.45) is 11.5 Å². The number of nitrogens with two attached hydrogens (primary N) is 2. The molecule has 17 heteroatoms. The van der Waals surface area contributed by atoms with Crippen molar-refractivity contribution >= 4 is 83.0 Å². The van der Waals surface area contributed by atoms with E-state index >= 15 is 0 Å². The van der Waals surface area contributed by atoms with Crippen molar-refractivity contribution in [3.05, 3.63) is 0 Å². The molecule has 0 aromatic heterocycles. The first kappa shape index (κ1) is 80.9. The summed E-state index contributed by atoms with van der Waals surface area (Å²) >= 11 is 0. The molecule has 169 valence electrons. The summed E-state index contributed by atoms with van der Waals surface area (Å²) in [5, 5.41) is 29.7. The van der Waals surface area contributed by atoms with Gasteiger partial charge in [0.25, 0.3) is 23.9 Å². The fourth-order valence-electron chi connectivity index (χ4n) is 0. The van der Waals surface area contributed by atoms with Crippen LogP contribution in [0.25, 0.3) is 0 Å². The van der Waals surface area contributed by atoms with E-state index in [0.29, 0.717) is 13.1 Å². The molecule has 0 spiro atoms. The van der Waals surface area contributed by atoms with Crippen LogP contribution < -0.4 is 11.5 Å². The molecule has 0 rings (SSSR count). The van der Waals surface area contributed by atoms with Crippen LogP contribution in [0.5, 0.6) is 0 Å². The molecular weight excluding hydrogens is 450 g/mol. The quantitative estimate of drug-likeness (QED) is 0.192. The molecule has 0 atom stereocenters. The summed E-state index contributed by atoms with van der Waals surface area (Å²) in [4.78, 5) is 36.0. The van der Waals surface area contributed by atoms with E-state index in [0.717, 1.165) is 27.7 Å². The van der Waals surface area contributed by atoms with Gasteiger partial charge in [-0.3, -0.25) is 19.2 Å². The molecule has 27 heavy (non-hydrogen) atoms. The Morgan fingerprint density at radius 1 is 0.556 bits per heavy atom. The molecule has 0 amide bonds. The van der Waals surface area contributed by atoms with Gasteiger partial charge >= 0.3 is 59.1 Å². The standard InChI is InChI=1S/C2H8N2.4C2H4O2.Cu.2Na.4H2O.2H/c3-1-2-4;4*1-2(3)4;;;;;;;;;/h1-4H2;4*1H3,(H,3,4);;;;4*1H2;;. The van der Waals surface area contributed by atoms with Gasteiger partial charge in [0.05, 0.1) is 0 Å². The first-order valence-corrected chi connectivity index (χ1v) is 5.03. The molecule has 0 saturated heterocycles. The third-order valence-electron chi connectivity index (χ3n) is 0.167. The Hall–Kier alpha value is 0.159. The average molecular weight is 484 g/mol. The molecule has 0 unspecified atom stereocenters. The van der Waals surface area contributed by atoms with E-state index in [1.54, 1.807) is 0 Å². The Morgan fingerprint density at radius 3 is 0.593 bits per heavy atom. The fraction of sp³-hybridized carbons (Fsp3) is 0.600. The maximum atomic E-state index is 9.00. The van der Waals surface area contributed by atoms with Gasteiger partial charge in [0.1, 0.15) is 0 Å². The van der Waals surface area contributed by atoms with Gasteiger partial charge in [-0.2, -0.15) is 0 Å². The molecule has 0 bridgehead atoms. The molecule has 0 aliphatic heterocycles. The van der Waals surface area contributed by atoms with Crippen LogP contribution in [0.15, 0.2) is 0 Å². The third-order valence-corrected chi connectivity index (χ3v) is 0.167. The van der Waals surface area contributed by atoms with E-state index in [2.05, 4.69) is 0 Å². The molecule has 0 aromatic rings. The van der Waals surface area contributed by atoms with E-state index in [1.165, 1.54) is 0 Å². The molecule has 0 saturated carbocycles. The first-order valence-electron chi connectivity index (χ1n) is 5.03. The van der Waals surface area contributed by atoms with E-state index < -0.39 is 23.9 Å². The predicted molar refractivity (Wildman–Crippen MR) is 100 cm³/mol. The van der Waals surface area contributed by atoms with Crippen LogP contribution in [0.1, 0.15) is 27.7 Å². The normalized spacial score (nSPS) is 4.81. The van der Waals surface area contributed by atoms with Crippen molar-refractivity contribution in [3.63, 3.8) is 0 Å². The van der Waals surface area contributed by atoms with Crippen LogP contribution >= 0.6 is 0 Å². The van der Waals surface area contributed by atoms with Crippen molar-refractivity contribution in [1.29, 1.82) is 0 Å². The predicted octanol–water partition coefficient (Wildman–Crippen LogP) is -5.33. The first-order chi connectivity index (χ1) is 8.84. The van der Waals surface area contributed by atoms with Crippen LogP contribution in [0, 0.1) is 0 Å². The molecule has 1 radical (unpaired) electrons. The number of aliphatic carboxylic acids is 4. The zero-order valence-corrected chi connectivity index (χ0v) is 15.2. The molecule has 0 aliphatic rings. The van der Waals surface area contributed by atoms with Crippen molar-refractivity contribution in [2.75, 3.05) is 13.1 Å². The average Bonchev–Trinajstić information content (AvgIpc) is 2.13.